The van der Waals surface area contributed by atoms with Crippen LogP contribution < -0.4 is 0 Å². The van der Waals surface area contributed by atoms with Gasteiger partial charge < -0.3 is 9.64 Å². The van der Waals surface area contributed by atoms with Gasteiger partial charge in [-0.05, 0) is 58.1 Å². The molecule has 1 aromatic rings. The lowest BCUT2D eigenvalue weighted by atomic mass is 9.90. The molecule has 1 unspecified atom stereocenters. The first kappa shape index (κ1) is 16.6. The first-order chi connectivity index (χ1) is 10.3. The molecule has 0 aromatic heterocycles. The van der Waals surface area contributed by atoms with E-state index in [-0.39, 0.29) is 12.1 Å². The number of hydrogen-bond donors (Lipinski definition) is 0. The second-order valence-corrected chi connectivity index (χ2v) is 7.05. The van der Waals surface area contributed by atoms with E-state index in [2.05, 4.69) is 18.7 Å². The van der Waals surface area contributed by atoms with Gasteiger partial charge in [-0.2, -0.15) is 0 Å². The summed E-state index contributed by atoms with van der Waals surface area (Å²) in [6.45, 7) is 12.6. The van der Waals surface area contributed by atoms with Crippen molar-refractivity contribution in [3.05, 3.63) is 42.0 Å². The molecule has 1 atom stereocenters. The van der Waals surface area contributed by atoms with Gasteiger partial charge in [-0.25, -0.2) is 4.79 Å². The Morgan fingerprint density at radius 1 is 1.27 bits per heavy atom. The molecule has 1 aromatic carbocycles. The molecule has 0 N–H and O–H groups in total. The fourth-order valence-electron chi connectivity index (χ4n) is 2.97. The van der Waals surface area contributed by atoms with Crippen LogP contribution in [0.3, 0.4) is 0 Å². The van der Waals surface area contributed by atoms with E-state index in [1.54, 1.807) is 0 Å². The van der Waals surface area contributed by atoms with Crippen molar-refractivity contribution in [2.45, 2.75) is 58.6 Å². The average molecular weight is 301 g/mol. The van der Waals surface area contributed by atoms with Crippen LogP contribution in [0.25, 0.3) is 5.57 Å². The number of carbonyl (C=O) groups excluding carboxylic acids is 1. The summed E-state index contributed by atoms with van der Waals surface area (Å²) in [6.07, 6.45) is 2.93. The van der Waals surface area contributed by atoms with Crippen molar-refractivity contribution in [2.75, 3.05) is 6.54 Å². The molecule has 1 heterocycles. The molecule has 120 valence electrons. The summed E-state index contributed by atoms with van der Waals surface area (Å²) in [5.74, 6) is 0. The number of ether oxygens (including phenoxy) is 1. The Labute approximate surface area is 134 Å². The van der Waals surface area contributed by atoms with E-state index in [9.17, 15) is 4.79 Å². The molecule has 0 bridgehead atoms. The number of nitrogens with zero attached hydrogens (tertiary/aromatic N) is 1. The lowest BCUT2D eigenvalue weighted by Gasteiger charge is -2.37. The van der Waals surface area contributed by atoms with Gasteiger partial charge >= 0.3 is 6.09 Å². The summed E-state index contributed by atoms with van der Waals surface area (Å²) in [4.78, 5) is 14.4. The molecule has 3 nitrogen and oxygen atoms in total. The van der Waals surface area contributed by atoms with Crippen LogP contribution in [0.4, 0.5) is 4.79 Å². The first-order valence-electron chi connectivity index (χ1n) is 8.04. The molecule has 0 aliphatic carbocycles. The maximum absolute atomic E-state index is 12.6. The minimum atomic E-state index is -0.465. The SMILES string of the molecule is C=C(C)c1ccccc1C1CCCCN1C(=O)OC(C)(C)C. The topological polar surface area (TPSA) is 29.5 Å². The monoisotopic (exact) mass is 301 g/mol. The van der Waals surface area contributed by atoms with E-state index in [0.717, 1.165) is 36.9 Å². The van der Waals surface area contributed by atoms with Gasteiger partial charge in [0.05, 0.1) is 6.04 Å². The van der Waals surface area contributed by atoms with Crippen LogP contribution in [-0.2, 0) is 4.74 Å². The molecule has 1 saturated heterocycles. The standard InChI is InChI=1S/C19H27NO2/c1-14(2)15-10-6-7-11-16(15)17-12-8-9-13-20(17)18(21)22-19(3,4)5/h6-7,10-11,17H,1,8-9,12-13H2,2-5H3. The Balaban J connectivity index is 2.31. The van der Waals surface area contributed by atoms with E-state index < -0.39 is 5.60 Å². The number of hydrogen-bond acceptors (Lipinski definition) is 2. The molecule has 1 amide bonds. The number of allylic oxidation sites excluding steroid dienone is 1. The van der Waals surface area contributed by atoms with Crippen LogP contribution in [0, 0.1) is 0 Å². The third-order valence-electron chi connectivity index (χ3n) is 3.91. The Kier molecular flexibility index (Phi) is 4.94. The molecule has 1 fully saturated rings. The van der Waals surface area contributed by atoms with E-state index in [1.807, 2.05) is 44.7 Å². The van der Waals surface area contributed by atoms with Gasteiger partial charge in [0, 0.05) is 6.54 Å². The second-order valence-electron chi connectivity index (χ2n) is 7.05. The number of piperidine rings is 1. The van der Waals surface area contributed by atoms with Crippen molar-refractivity contribution in [1.82, 2.24) is 4.90 Å². The number of carbonyl (C=O) groups is 1. The van der Waals surface area contributed by atoms with Gasteiger partial charge in [-0.15, -0.1) is 0 Å². The molecule has 3 heteroatoms. The van der Waals surface area contributed by atoms with Gasteiger partial charge in [0.15, 0.2) is 0 Å². The first-order valence-corrected chi connectivity index (χ1v) is 8.04. The molecule has 0 spiro atoms. The van der Waals surface area contributed by atoms with Crippen LogP contribution in [0.15, 0.2) is 30.8 Å². The number of amides is 1. The lowest BCUT2D eigenvalue weighted by molar-refractivity contribution is 0.00949. The predicted octanol–water partition coefficient (Wildman–Crippen LogP) is 5.18. The molecule has 0 radical (unpaired) electrons. The highest BCUT2D eigenvalue weighted by Crippen LogP contribution is 2.35. The highest BCUT2D eigenvalue weighted by atomic mass is 16.6. The molecular weight excluding hydrogens is 274 g/mol. The molecule has 0 saturated carbocycles. The van der Waals surface area contributed by atoms with E-state index in [4.69, 9.17) is 4.74 Å². The van der Waals surface area contributed by atoms with Crippen molar-refractivity contribution in [2.24, 2.45) is 0 Å². The minimum absolute atomic E-state index is 0.0801. The summed E-state index contributed by atoms with van der Waals surface area (Å²) >= 11 is 0. The zero-order valence-corrected chi connectivity index (χ0v) is 14.2. The van der Waals surface area contributed by atoms with Crippen molar-refractivity contribution in [3.63, 3.8) is 0 Å². The maximum atomic E-state index is 12.6. The molecule has 22 heavy (non-hydrogen) atoms. The van der Waals surface area contributed by atoms with Crippen LogP contribution in [0.1, 0.15) is 64.1 Å². The number of rotatable bonds is 2. The van der Waals surface area contributed by atoms with Crippen molar-refractivity contribution in [3.8, 4) is 0 Å². The molecular formula is C19H27NO2. The number of benzene rings is 1. The highest BCUT2D eigenvalue weighted by Gasteiger charge is 2.32. The predicted molar refractivity (Wildman–Crippen MR) is 90.7 cm³/mol. The van der Waals surface area contributed by atoms with Gasteiger partial charge in [0.25, 0.3) is 0 Å². The summed E-state index contributed by atoms with van der Waals surface area (Å²) < 4.78 is 5.59. The normalized spacial score (nSPS) is 18.9. The zero-order valence-electron chi connectivity index (χ0n) is 14.2. The summed E-state index contributed by atoms with van der Waals surface area (Å²) in [7, 11) is 0. The van der Waals surface area contributed by atoms with Crippen LogP contribution in [-0.4, -0.2) is 23.1 Å². The zero-order chi connectivity index (χ0) is 16.3. The van der Waals surface area contributed by atoms with E-state index in [1.165, 1.54) is 5.56 Å². The van der Waals surface area contributed by atoms with Crippen molar-refractivity contribution < 1.29 is 9.53 Å². The molecule has 1 aliphatic heterocycles. The van der Waals surface area contributed by atoms with Gasteiger partial charge in [0.2, 0.25) is 0 Å². The van der Waals surface area contributed by atoms with Gasteiger partial charge in [0.1, 0.15) is 5.60 Å². The van der Waals surface area contributed by atoms with Gasteiger partial charge in [-0.1, -0.05) is 36.4 Å². The molecule has 2 rings (SSSR count). The van der Waals surface area contributed by atoms with Crippen molar-refractivity contribution in [1.29, 1.82) is 0 Å². The van der Waals surface area contributed by atoms with E-state index >= 15 is 0 Å². The Morgan fingerprint density at radius 3 is 2.59 bits per heavy atom. The fraction of sp³-hybridized carbons (Fsp3) is 0.526. The average Bonchev–Trinajstić information content (AvgIpc) is 2.45. The summed E-state index contributed by atoms with van der Waals surface area (Å²) in [5.41, 5.74) is 2.89. The van der Waals surface area contributed by atoms with Crippen molar-refractivity contribution >= 4 is 11.7 Å². The lowest BCUT2D eigenvalue weighted by Crippen LogP contribution is -2.42. The van der Waals surface area contributed by atoms with E-state index in [0.29, 0.717) is 0 Å². The Hall–Kier alpha value is -1.77. The molecule has 1 aliphatic rings. The maximum Gasteiger partial charge on any atom is 0.410 e. The third kappa shape index (κ3) is 3.90. The quantitative estimate of drug-likeness (QED) is 0.753. The van der Waals surface area contributed by atoms with Crippen LogP contribution >= 0.6 is 0 Å². The Bertz CT molecular complexity index is 557. The third-order valence-corrected chi connectivity index (χ3v) is 3.91. The highest BCUT2D eigenvalue weighted by molar-refractivity contribution is 5.71. The second kappa shape index (κ2) is 6.55. The van der Waals surface area contributed by atoms with Gasteiger partial charge in [-0.3, -0.25) is 0 Å². The number of likely N-dealkylation sites (tertiary alicyclic amines) is 1. The van der Waals surface area contributed by atoms with Crippen LogP contribution in [0.2, 0.25) is 0 Å². The minimum Gasteiger partial charge on any atom is -0.444 e. The summed E-state index contributed by atoms with van der Waals surface area (Å²) in [5, 5.41) is 0. The fourth-order valence-corrected chi connectivity index (χ4v) is 2.97. The smallest absolute Gasteiger partial charge is 0.410 e. The summed E-state index contributed by atoms with van der Waals surface area (Å²) in [6, 6.07) is 8.32. The Morgan fingerprint density at radius 2 is 1.95 bits per heavy atom. The largest absolute Gasteiger partial charge is 0.444 e. The van der Waals surface area contributed by atoms with Crippen LogP contribution in [0.5, 0.6) is 0 Å².